The summed E-state index contributed by atoms with van der Waals surface area (Å²) in [6.45, 7) is 1.83. The summed E-state index contributed by atoms with van der Waals surface area (Å²) in [4.78, 5) is 11.8. The van der Waals surface area contributed by atoms with Gasteiger partial charge in [-0.25, -0.2) is 14.3 Å². The second-order valence-corrected chi connectivity index (χ2v) is 6.50. The number of para-hydroxylation sites is 1. The van der Waals surface area contributed by atoms with Gasteiger partial charge in [0.15, 0.2) is 0 Å². The van der Waals surface area contributed by atoms with Crippen molar-refractivity contribution in [1.29, 1.82) is 0 Å². The predicted molar refractivity (Wildman–Crippen MR) is 88.2 cm³/mol. The summed E-state index contributed by atoms with van der Waals surface area (Å²) >= 11 is 0. The molecule has 120 valence electrons. The van der Waals surface area contributed by atoms with E-state index in [1.165, 1.54) is 12.1 Å². The second kappa shape index (κ2) is 7.03. The van der Waals surface area contributed by atoms with Crippen molar-refractivity contribution in [2.24, 2.45) is 10.9 Å². The molecular weight excluding hydrogens is 316 g/mol. The lowest BCUT2D eigenvalue weighted by atomic mass is 10.2. The maximum Gasteiger partial charge on any atom is 0.297 e. The minimum atomic E-state index is -4.10. The lowest BCUT2D eigenvalue weighted by molar-refractivity contribution is -0.114. The van der Waals surface area contributed by atoms with E-state index in [1.807, 2.05) is 19.1 Å². The molecule has 2 aromatic rings. The van der Waals surface area contributed by atoms with Gasteiger partial charge in [0.2, 0.25) is 14.9 Å². The monoisotopic (exact) mass is 332 g/mol. The molecule has 4 N–H and O–H groups in total. The number of hydrazine groups is 1. The Hall–Kier alpha value is -2.71. The fourth-order valence-electron chi connectivity index (χ4n) is 1.82. The number of hydrogen-bond donors (Lipinski definition) is 3. The summed E-state index contributed by atoms with van der Waals surface area (Å²) in [5.41, 5.74) is 5.83. The topological polar surface area (TPSA) is 114 Å². The first-order valence-corrected chi connectivity index (χ1v) is 8.15. The van der Waals surface area contributed by atoms with Crippen LogP contribution < -0.4 is 16.7 Å². The molecule has 2 rings (SSSR count). The van der Waals surface area contributed by atoms with Crippen molar-refractivity contribution < 1.29 is 13.2 Å². The number of nitrogens with one attached hydrogen (secondary N) is 2. The molecule has 0 saturated carbocycles. The number of nitrogens with zero attached hydrogens (tertiary/aromatic N) is 1. The van der Waals surface area contributed by atoms with Crippen LogP contribution in [0, 0.1) is 6.92 Å². The highest BCUT2D eigenvalue weighted by Crippen LogP contribution is 2.15. The van der Waals surface area contributed by atoms with E-state index in [2.05, 4.69) is 10.5 Å². The summed E-state index contributed by atoms with van der Waals surface area (Å²) in [6.07, 6.45) is 0. The normalized spacial score (nSPS) is 11.8. The molecule has 0 bridgehead atoms. The molecule has 0 radical (unpaired) electrons. The van der Waals surface area contributed by atoms with E-state index in [4.69, 9.17) is 5.84 Å². The van der Waals surface area contributed by atoms with E-state index in [0.717, 1.165) is 5.56 Å². The zero-order valence-corrected chi connectivity index (χ0v) is 13.2. The second-order valence-electron chi connectivity index (χ2n) is 4.63. The molecule has 0 fully saturated rings. The SMILES string of the molecule is Cc1ccccc1N/N=C(/C(=O)NN)S(=O)(=O)c1ccccc1. The fourth-order valence-corrected chi connectivity index (χ4v) is 3.02. The molecule has 0 aliphatic rings. The summed E-state index contributed by atoms with van der Waals surface area (Å²) in [5.74, 6) is 4.07. The van der Waals surface area contributed by atoms with Crippen LogP contribution in [0.25, 0.3) is 0 Å². The van der Waals surface area contributed by atoms with Crippen molar-refractivity contribution >= 4 is 26.5 Å². The molecule has 0 heterocycles. The summed E-state index contributed by atoms with van der Waals surface area (Å²) in [7, 11) is -4.10. The van der Waals surface area contributed by atoms with E-state index in [1.54, 1.807) is 35.8 Å². The molecule has 0 aliphatic heterocycles. The number of hydrazone groups is 1. The predicted octanol–water partition coefficient (Wildman–Crippen LogP) is 1.18. The minimum absolute atomic E-state index is 0.0473. The zero-order chi connectivity index (χ0) is 16.9. The average Bonchev–Trinajstić information content (AvgIpc) is 2.57. The largest absolute Gasteiger partial charge is 0.297 e. The van der Waals surface area contributed by atoms with E-state index in [9.17, 15) is 13.2 Å². The van der Waals surface area contributed by atoms with Crippen molar-refractivity contribution in [2.45, 2.75) is 11.8 Å². The Balaban J connectivity index is 2.44. The van der Waals surface area contributed by atoms with Crippen molar-refractivity contribution in [2.75, 3.05) is 5.43 Å². The molecule has 0 aliphatic carbocycles. The van der Waals surface area contributed by atoms with E-state index < -0.39 is 20.8 Å². The number of sulfone groups is 1. The zero-order valence-electron chi connectivity index (χ0n) is 12.4. The van der Waals surface area contributed by atoms with Crippen LogP contribution >= 0.6 is 0 Å². The molecule has 2 aromatic carbocycles. The summed E-state index contributed by atoms with van der Waals surface area (Å²) < 4.78 is 25.1. The smallest absolute Gasteiger partial charge is 0.288 e. The van der Waals surface area contributed by atoms with E-state index in [-0.39, 0.29) is 4.90 Å². The highest BCUT2D eigenvalue weighted by atomic mass is 32.2. The Kier molecular flexibility index (Phi) is 5.09. The number of rotatable bonds is 3. The Bertz CT molecular complexity index is 833. The number of carbonyl (C=O) groups is 1. The van der Waals surface area contributed by atoms with Gasteiger partial charge in [0, 0.05) is 0 Å². The van der Waals surface area contributed by atoms with Crippen LogP contribution in [0.3, 0.4) is 0 Å². The third-order valence-corrected chi connectivity index (χ3v) is 4.73. The van der Waals surface area contributed by atoms with Crippen LogP contribution in [-0.2, 0) is 14.6 Å². The molecule has 0 aromatic heterocycles. The van der Waals surface area contributed by atoms with Crippen molar-refractivity contribution in [3.05, 3.63) is 60.2 Å². The highest BCUT2D eigenvalue weighted by molar-refractivity contribution is 8.08. The molecule has 8 heteroatoms. The fraction of sp³-hybridized carbons (Fsp3) is 0.0667. The molecule has 0 unspecified atom stereocenters. The number of amides is 1. The third-order valence-electron chi connectivity index (χ3n) is 3.06. The Morgan fingerprint density at radius 3 is 2.26 bits per heavy atom. The first-order chi connectivity index (χ1) is 11.0. The number of benzene rings is 2. The summed E-state index contributed by atoms with van der Waals surface area (Å²) in [6, 6.07) is 14.7. The third kappa shape index (κ3) is 3.74. The molecule has 23 heavy (non-hydrogen) atoms. The van der Waals surface area contributed by atoms with Crippen molar-refractivity contribution in [3.8, 4) is 0 Å². The standard InChI is InChI=1S/C15H16N4O3S/c1-11-7-5-6-10-13(11)18-19-15(14(20)17-16)23(21,22)12-8-3-2-4-9-12/h2-10,18H,16H2,1H3,(H,17,20)/b19-15-. The van der Waals surface area contributed by atoms with Crippen LogP contribution in [0.1, 0.15) is 5.56 Å². The molecule has 0 spiro atoms. The maximum atomic E-state index is 12.6. The number of carbonyl (C=O) groups excluding carboxylic acids is 1. The summed E-state index contributed by atoms with van der Waals surface area (Å²) in [5, 5.41) is 3.05. The molecule has 1 amide bonds. The van der Waals surface area contributed by atoms with Crippen molar-refractivity contribution in [1.82, 2.24) is 5.43 Å². The first kappa shape index (κ1) is 16.7. The Morgan fingerprint density at radius 2 is 1.65 bits per heavy atom. The van der Waals surface area contributed by atoms with Crippen LogP contribution in [0.2, 0.25) is 0 Å². The average molecular weight is 332 g/mol. The van der Waals surface area contributed by atoms with Gasteiger partial charge in [-0.15, -0.1) is 0 Å². The van der Waals surface area contributed by atoms with Crippen LogP contribution in [-0.4, -0.2) is 19.4 Å². The van der Waals surface area contributed by atoms with Crippen LogP contribution in [0.4, 0.5) is 5.69 Å². The van der Waals surface area contributed by atoms with Gasteiger partial charge < -0.3 is 0 Å². The number of aryl methyl sites for hydroxylation is 1. The highest BCUT2D eigenvalue weighted by Gasteiger charge is 2.29. The van der Waals surface area contributed by atoms with Gasteiger partial charge in [-0.3, -0.25) is 15.6 Å². The van der Waals surface area contributed by atoms with Crippen LogP contribution in [0.15, 0.2) is 64.6 Å². The Morgan fingerprint density at radius 1 is 1.04 bits per heavy atom. The molecular formula is C15H16N4O3S. The van der Waals surface area contributed by atoms with Gasteiger partial charge in [0.05, 0.1) is 10.6 Å². The van der Waals surface area contributed by atoms with Gasteiger partial charge in [0.1, 0.15) is 0 Å². The van der Waals surface area contributed by atoms with Crippen molar-refractivity contribution in [3.63, 3.8) is 0 Å². The number of nitrogens with two attached hydrogens (primary N) is 1. The minimum Gasteiger partial charge on any atom is -0.288 e. The Labute approximate surface area is 134 Å². The quantitative estimate of drug-likeness (QED) is 0.257. The molecule has 0 saturated heterocycles. The van der Waals surface area contributed by atoms with Gasteiger partial charge in [-0.1, -0.05) is 36.4 Å². The number of anilines is 1. The number of hydrogen-bond acceptors (Lipinski definition) is 6. The lowest BCUT2D eigenvalue weighted by Crippen LogP contribution is -2.40. The first-order valence-electron chi connectivity index (χ1n) is 6.67. The van der Waals surface area contributed by atoms with Crippen LogP contribution in [0.5, 0.6) is 0 Å². The lowest BCUT2D eigenvalue weighted by Gasteiger charge is -2.09. The van der Waals surface area contributed by atoms with Gasteiger partial charge in [-0.05, 0) is 30.7 Å². The molecule has 0 atom stereocenters. The van der Waals surface area contributed by atoms with E-state index in [0.29, 0.717) is 5.69 Å². The van der Waals surface area contributed by atoms with Gasteiger partial charge in [-0.2, -0.15) is 5.10 Å². The maximum absolute atomic E-state index is 12.6. The van der Waals surface area contributed by atoms with Gasteiger partial charge >= 0.3 is 0 Å². The molecule has 7 nitrogen and oxygen atoms in total. The van der Waals surface area contributed by atoms with Gasteiger partial charge in [0.25, 0.3) is 5.91 Å². The van der Waals surface area contributed by atoms with E-state index >= 15 is 0 Å².